The van der Waals surface area contributed by atoms with Gasteiger partial charge in [-0.25, -0.2) is 0 Å². The molecular formula is C23H27IN4O2S. The molecule has 1 heterocycles. The van der Waals surface area contributed by atoms with Gasteiger partial charge in [-0.2, -0.15) is 0 Å². The van der Waals surface area contributed by atoms with E-state index in [9.17, 15) is 4.79 Å². The molecule has 3 aromatic rings. The molecule has 0 saturated heterocycles. The van der Waals surface area contributed by atoms with Crippen LogP contribution in [0.1, 0.15) is 43.6 Å². The van der Waals surface area contributed by atoms with E-state index in [1.165, 1.54) is 17.3 Å². The highest BCUT2D eigenvalue weighted by Gasteiger charge is 2.15. The first-order chi connectivity index (χ1) is 14.9. The van der Waals surface area contributed by atoms with Gasteiger partial charge >= 0.3 is 0 Å². The lowest BCUT2D eigenvalue weighted by Crippen LogP contribution is -2.15. The topological polar surface area (TPSA) is 69.0 Å². The van der Waals surface area contributed by atoms with Crippen LogP contribution < -0.4 is 10.1 Å². The lowest BCUT2D eigenvalue weighted by Gasteiger charge is -2.15. The zero-order valence-corrected chi connectivity index (χ0v) is 21.2. The van der Waals surface area contributed by atoms with E-state index < -0.39 is 0 Å². The van der Waals surface area contributed by atoms with Crippen molar-refractivity contribution in [2.45, 2.75) is 51.9 Å². The molecule has 0 atom stereocenters. The van der Waals surface area contributed by atoms with Gasteiger partial charge in [-0.05, 0) is 83.8 Å². The number of aryl methyl sites for hydroxylation is 1. The minimum absolute atomic E-state index is 0.0732. The van der Waals surface area contributed by atoms with Gasteiger partial charge in [0.1, 0.15) is 12.4 Å². The first-order valence-electron chi connectivity index (χ1n) is 10.2. The zero-order valence-electron chi connectivity index (χ0n) is 18.2. The smallest absolute Gasteiger partial charge is 0.234 e. The fourth-order valence-electron chi connectivity index (χ4n) is 3.10. The summed E-state index contributed by atoms with van der Waals surface area (Å²) in [5.41, 5.74) is 3.12. The number of nitrogens with one attached hydrogen (secondary N) is 1. The molecule has 2 aromatic carbocycles. The monoisotopic (exact) mass is 550 g/mol. The zero-order chi connectivity index (χ0) is 22.4. The van der Waals surface area contributed by atoms with Crippen LogP contribution in [0.25, 0.3) is 0 Å². The molecule has 6 nitrogen and oxygen atoms in total. The van der Waals surface area contributed by atoms with Crippen molar-refractivity contribution in [2.75, 3.05) is 11.1 Å². The van der Waals surface area contributed by atoms with E-state index in [4.69, 9.17) is 4.74 Å². The lowest BCUT2D eigenvalue weighted by atomic mass is 10.0. The molecule has 0 spiro atoms. The number of nitrogens with zero attached hydrogens (tertiary/aromatic N) is 3. The predicted octanol–water partition coefficient (Wildman–Crippen LogP) is 5.64. The van der Waals surface area contributed by atoms with Crippen LogP contribution in [-0.4, -0.2) is 26.4 Å². The van der Waals surface area contributed by atoms with E-state index in [0.29, 0.717) is 24.2 Å². The first kappa shape index (κ1) is 23.6. The minimum Gasteiger partial charge on any atom is -0.485 e. The number of hydrogen-bond acceptors (Lipinski definition) is 5. The van der Waals surface area contributed by atoms with Crippen LogP contribution in [0.15, 0.2) is 47.6 Å². The third kappa shape index (κ3) is 6.46. The number of carbonyl (C=O) groups is 1. The Hall–Kier alpha value is -2.07. The lowest BCUT2D eigenvalue weighted by molar-refractivity contribution is -0.113. The standard InChI is InChI=1S/C23H27IN4O2S/c1-5-28-21(13-30-20-12-16(4)6-11-19(20)15(2)3)26-27-23(28)31-14-22(29)25-18-9-7-17(24)8-10-18/h6-12,15H,5,13-14H2,1-4H3,(H,25,29). The van der Waals surface area contributed by atoms with Crippen LogP contribution in [0.5, 0.6) is 5.75 Å². The summed E-state index contributed by atoms with van der Waals surface area (Å²) in [6.07, 6.45) is 0. The Kier molecular flexibility index (Phi) is 8.36. The summed E-state index contributed by atoms with van der Waals surface area (Å²) >= 11 is 3.61. The maximum absolute atomic E-state index is 12.3. The van der Waals surface area contributed by atoms with Gasteiger partial charge in [0, 0.05) is 15.8 Å². The quantitative estimate of drug-likeness (QED) is 0.276. The number of benzene rings is 2. The predicted molar refractivity (Wildman–Crippen MR) is 134 cm³/mol. The molecule has 1 amide bonds. The summed E-state index contributed by atoms with van der Waals surface area (Å²) in [6, 6.07) is 14.0. The van der Waals surface area contributed by atoms with Gasteiger partial charge in [-0.3, -0.25) is 4.79 Å². The molecule has 0 aliphatic rings. The summed E-state index contributed by atoms with van der Waals surface area (Å²) in [6.45, 7) is 9.44. The number of amides is 1. The van der Waals surface area contributed by atoms with Crippen molar-refractivity contribution >= 4 is 45.9 Å². The molecule has 0 radical (unpaired) electrons. The molecule has 0 bridgehead atoms. The third-order valence-electron chi connectivity index (χ3n) is 4.72. The number of anilines is 1. The van der Waals surface area contributed by atoms with Crippen molar-refractivity contribution in [3.05, 3.63) is 63.0 Å². The normalized spacial score (nSPS) is 11.0. The Morgan fingerprint density at radius 2 is 1.94 bits per heavy atom. The minimum atomic E-state index is -0.0732. The van der Waals surface area contributed by atoms with Gasteiger partial charge in [0.25, 0.3) is 0 Å². The fraction of sp³-hybridized carbons (Fsp3) is 0.348. The Morgan fingerprint density at radius 3 is 2.61 bits per heavy atom. The molecule has 0 fully saturated rings. The summed E-state index contributed by atoms with van der Waals surface area (Å²) in [5.74, 6) is 2.19. The van der Waals surface area contributed by atoms with E-state index in [1.807, 2.05) is 35.8 Å². The Bertz CT molecular complexity index is 1030. The average molecular weight is 550 g/mol. The molecule has 3 rings (SSSR count). The fourth-order valence-corrected chi connectivity index (χ4v) is 4.28. The summed E-state index contributed by atoms with van der Waals surface area (Å²) in [4.78, 5) is 12.3. The van der Waals surface area contributed by atoms with E-state index in [1.54, 1.807) is 0 Å². The molecule has 31 heavy (non-hydrogen) atoms. The second kappa shape index (κ2) is 11.0. The first-order valence-corrected chi connectivity index (χ1v) is 12.3. The van der Waals surface area contributed by atoms with Gasteiger partial charge in [-0.1, -0.05) is 37.7 Å². The van der Waals surface area contributed by atoms with Crippen LogP contribution in [0.2, 0.25) is 0 Å². The van der Waals surface area contributed by atoms with Crippen molar-refractivity contribution < 1.29 is 9.53 Å². The molecule has 0 saturated carbocycles. The largest absolute Gasteiger partial charge is 0.485 e. The molecule has 0 unspecified atom stereocenters. The Labute approximate surface area is 201 Å². The highest BCUT2D eigenvalue weighted by atomic mass is 127. The van der Waals surface area contributed by atoms with Crippen molar-refractivity contribution in [2.24, 2.45) is 0 Å². The summed E-state index contributed by atoms with van der Waals surface area (Å²) < 4.78 is 9.24. The molecule has 1 aromatic heterocycles. The Morgan fingerprint density at radius 1 is 1.19 bits per heavy atom. The van der Waals surface area contributed by atoms with Gasteiger partial charge in [-0.15, -0.1) is 10.2 Å². The third-order valence-corrected chi connectivity index (χ3v) is 6.40. The van der Waals surface area contributed by atoms with Crippen LogP contribution >= 0.6 is 34.4 Å². The van der Waals surface area contributed by atoms with Gasteiger partial charge in [0.15, 0.2) is 11.0 Å². The number of aromatic nitrogens is 3. The van der Waals surface area contributed by atoms with Crippen molar-refractivity contribution in [1.82, 2.24) is 14.8 Å². The molecule has 0 aliphatic heterocycles. The number of hydrogen-bond donors (Lipinski definition) is 1. The van der Waals surface area contributed by atoms with Gasteiger partial charge < -0.3 is 14.6 Å². The number of rotatable bonds is 9. The maximum atomic E-state index is 12.3. The number of halogens is 1. The number of carbonyl (C=O) groups excluding carboxylic acids is 1. The molecule has 1 N–H and O–H groups in total. The van der Waals surface area contributed by atoms with Crippen LogP contribution in [-0.2, 0) is 17.9 Å². The number of thioether (sulfide) groups is 1. The van der Waals surface area contributed by atoms with Crippen molar-refractivity contribution in [3.63, 3.8) is 0 Å². The second-order valence-corrected chi connectivity index (χ2v) is 9.66. The van der Waals surface area contributed by atoms with E-state index in [0.717, 1.165) is 26.4 Å². The Balaban J connectivity index is 1.62. The molecule has 0 aliphatic carbocycles. The number of ether oxygens (including phenoxy) is 1. The van der Waals surface area contributed by atoms with Crippen LogP contribution in [0, 0.1) is 10.5 Å². The van der Waals surface area contributed by atoms with E-state index in [-0.39, 0.29) is 11.7 Å². The molecule has 8 heteroatoms. The highest BCUT2D eigenvalue weighted by molar-refractivity contribution is 14.1. The van der Waals surface area contributed by atoms with Crippen LogP contribution in [0.3, 0.4) is 0 Å². The van der Waals surface area contributed by atoms with Crippen LogP contribution in [0.4, 0.5) is 5.69 Å². The van der Waals surface area contributed by atoms with E-state index in [2.05, 4.69) is 77.1 Å². The average Bonchev–Trinajstić information content (AvgIpc) is 3.14. The molecular weight excluding hydrogens is 523 g/mol. The van der Waals surface area contributed by atoms with Gasteiger partial charge in [0.05, 0.1) is 5.75 Å². The highest BCUT2D eigenvalue weighted by Crippen LogP contribution is 2.28. The maximum Gasteiger partial charge on any atom is 0.234 e. The molecule has 164 valence electrons. The summed E-state index contributed by atoms with van der Waals surface area (Å²) in [5, 5.41) is 12.2. The SMILES string of the molecule is CCn1c(COc2cc(C)ccc2C(C)C)nnc1SCC(=O)Nc1ccc(I)cc1. The van der Waals surface area contributed by atoms with Crippen molar-refractivity contribution in [3.8, 4) is 5.75 Å². The summed E-state index contributed by atoms with van der Waals surface area (Å²) in [7, 11) is 0. The van der Waals surface area contributed by atoms with Gasteiger partial charge in [0.2, 0.25) is 5.91 Å². The van der Waals surface area contributed by atoms with E-state index >= 15 is 0 Å². The van der Waals surface area contributed by atoms with Crippen molar-refractivity contribution in [1.29, 1.82) is 0 Å². The second-order valence-electron chi connectivity index (χ2n) is 7.47.